The molecule has 0 aliphatic carbocycles. The quantitative estimate of drug-likeness (QED) is 0.790. The number of aromatic nitrogens is 3. The molecule has 0 N–H and O–H groups in total. The van der Waals surface area contributed by atoms with Crippen molar-refractivity contribution < 1.29 is 9.53 Å². The van der Waals surface area contributed by atoms with E-state index in [1.807, 2.05) is 25.3 Å². The van der Waals surface area contributed by atoms with Gasteiger partial charge in [0.25, 0.3) is 0 Å². The minimum Gasteiger partial charge on any atom is -0.461 e. The second kappa shape index (κ2) is 5.97. The molecule has 0 bridgehead atoms. The molecule has 0 radical (unpaired) electrons. The average molecular weight is 279 g/mol. The van der Waals surface area contributed by atoms with E-state index in [4.69, 9.17) is 4.74 Å². The third-order valence-corrected chi connectivity index (χ3v) is 3.43. The van der Waals surface area contributed by atoms with Crippen molar-refractivity contribution in [3.8, 4) is 0 Å². The highest BCUT2D eigenvalue weighted by molar-refractivity contribution is 7.07. The third kappa shape index (κ3) is 3.01. The predicted molar refractivity (Wildman–Crippen MR) is 73.5 cm³/mol. The lowest BCUT2D eigenvalue weighted by molar-refractivity contribution is 0.0517. The molecular weight excluding hydrogens is 262 g/mol. The first-order valence-electron chi connectivity index (χ1n) is 6.25. The first-order chi connectivity index (χ1) is 9.13. The Kier molecular flexibility index (Phi) is 4.31. The summed E-state index contributed by atoms with van der Waals surface area (Å²) in [5, 5.41) is 12.2. The van der Waals surface area contributed by atoms with E-state index in [0.29, 0.717) is 18.8 Å². The van der Waals surface area contributed by atoms with E-state index in [1.165, 1.54) is 0 Å². The zero-order valence-electron chi connectivity index (χ0n) is 11.3. The summed E-state index contributed by atoms with van der Waals surface area (Å²) in [5.74, 6) is -0.240. The Morgan fingerprint density at radius 1 is 1.53 bits per heavy atom. The zero-order valence-corrected chi connectivity index (χ0v) is 12.1. The number of esters is 1. The van der Waals surface area contributed by atoms with Gasteiger partial charge >= 0.3 is 5.97 Å². The fourth-order valence-corrected chi connectivity index (χ4v) is 2.57. The fourth-order valence-electron chi connectivity index (χ4n) is 1.91. The van der Waals surface area contributed by atoms with E-state index in [-0.39, 0.29) is 5.92 Å². The molecule has 5 nitrogen and oxygen atoms in total. The third-order valence-electron chi connectivity index (χ3n) is 2.70. The molecule has 0 amide bonds. The van der Waals surface area contributed by atoms with Crippen molar-refractivity contribution >= 4 is 17.3 Å². The van der Waals surface area contributed by atoms with Crippen molar-refractivity contribution in [2.75, 3.05) is 6.61 Å². The second-order valence-electron chi connectivity index (χ2n) is 4.49. The molecule has 2 aromatic heterocycles. The van der Waals surface area contributed by atoms with Gasteiger partial charge in [-0.1, -0.05) is 19.1 Å². The minimum absolute atomic E-state index is 0.160. The Morgan fingerprint density at radius 3 is 2.89 bits per heavy atom. The summed E-state index contributed by atoms with van der Waals surface area (Å²) in [7, 11) is 0. The first-order valence-corrected chi connectivity index (χ1v) is 7.19. The topological polar surface area (TPSA) is 57.0 Å². The van der Waals surface area contributed by atoms with Gasteiger partial charge < -0.3 is 4.74 Å². The molecule has 0 saturated heterocycles. The maximum absolute atomic E-state index is 11.8. The lowest BCUT2D eigenvalue weighted by atomic mass is 10.1. The Labute approximate surface area is 116 Å². The average Bonchev–Trinajstić information content (AvgIpc) is 2.99. The molecule has 102 valence electrons. The molecule has 2 heterocycles. The maximum atomic E-state index is 11.8. The first kappa shape index (κ1) is 13.7. The van der Waals surface area contributed by atoms with Crippen molar-refractivity contribution in [2.45, 2.75) is 33.2 Å². The summed E-state index contributed by atoms with van der Waals surface area (Å²) < 4.78 is 6.79. The van der Waals surface area contributed by atoms with Gasteiger partial charge in [-0.15, -0.1) is 5.10 Å². The van der Waals surface area contributed by atoms with Crippen LogP contribution in [0.1, 0.15) is 48.4 Å². The van der Waals surface area contributed by atoms with Crippen LogP contribution < -0.4 is 0 Å². The van der Waals surface area contributed by atoms with Crippen LogP contribution in [0.2, 0.25) is 0 Å². The molecule has 0 aliphatic heterocycles. The second-order valence-corrected chi connectivity index (χ2v) is 5.27. The Hall–Kier alpha value is -1.69. The molecule has 0 atom stereocenters. The Morgan fingerprint density at radius 2 is 2.32 bits per heavy atom. The normalized spacial score (nSPS) is 10.9. The number of carbonyl (C=O) groups excluding carboxylic acids is 1. The van der Waals surface area contributed by atoms with Crippen LogP contribution in [0.25, 0.3) is 0 Å². The van der Waals surface area contributed by atoms with Crippen LogP contribution in [-0.2, 0) is 11.3 Å². The maximum Gasteiger partial charge on any atom is 0.360 e. The number of ether oxygens (including phenoxy) is 1. The highest BCUT2D eigenvalue weighted by Gasteiger charge is 2.23. The van der Waals surface area contributed by atoms with Crippen molar-refractivity contribution in [2.24, 2.45) is 0 Å². The molecule has 6 heteroatoms. The van der Waals surface area contributed by atoms with Crippen LogP contribution in [-0.4, -0.2) is 27.6 Å². The SMILES string of the molecule is CCOC(=O)c1nnn(Cc2ccsc2)c1C(C)C. The molecule has 0 aromatic carbocycles. The van der Waals surface area contributed by atoms with Crippen LogP contribution in [0, 0.1) is 0 Å². The summed E-state index contributed by atoms with van der Waals surface area (Å²) >= 11 is 1.64. The van der Waals surface area contributed by atoms with E-state index < -0.39 is 5.97 Å². The van der Waals surface area contributed by atoms with Crippen LogP contribution >= 0.6 is 11.3 Å². The summed E-state index contributed by atoms with van der Waals surface area (Å²) in [5.41, 5.74) is 2.31. The van der Waals surface area contributed by atoms with Gasteiger partial charge in [0, 0.05) is 0 Å². The Bertz CT molecular complexity index is 546. The van der Waals surface area contributed by atoms with Gasteiger partial charge in [0.05, 0.1) is 18.8 Å². The van der Waals surface area contributed by atoms with Gasteiger partial charge in [0.15, 0.2) is 5.69 Å². The van der Waals surface area contributed by atoms with Crippen LogP contribution in [0.4, 0.5) is 0 Å². The van der Waals surface area contributed by atoms with E-state index in [1.54, 1.807) is 22.9 Å². The van der Waals surface area contributed by atoms with Crippen molar-refractivity contribution in [1.82, 2.24) is 15.0 Å². The predicted octanol–water partition coefficient (Wildman–Crippen LogP) is 2.69. The van der Waals surface area contributed by atoms with Crippen LogP contribution in [0.15, 0.2) is 16.8 Å². The number of nitrogens with zero attached hydrogens (tertiary/aromatic N) is 3. The van der Waals surface area contributed by atoms with Crippen molar-refractivity contribution in [1.29, 1.82) is 0 Å². The van der Waals surface area contributed by atoms with Gasteiger partial charge in [-0.05, 0) is 35.2 Å². The van der Waals surface area contributed by atoms with Gasteiger partial charge in [0.1, 0.15) is 0 Å². The van der Waals surface area contributed by atoms with Crippen molar-refractivity contribution in [3.63, 3.8) is 0 Å². The number of hydrogen-bond acceptors (Lipinski definition) is 5. The van der Waals surface area contributed by atoms with E-state index in [9.17, 15) is 4.79 Å². The lowest BCUT2D eigenvalue weighted by Crippen LogP contribution is -2.12. The number of carbonyl (C=O) groups is 1. The molecular formula is C13H17N3O2S. The molecule has 2 aromatic rings. The minimum atomic E-state index is -0.400. The molecule has 2 rings (SSSR count). The monoisotopic (exact) mass is 279 g/mol. The summed E-state index contributed by atoms with van der Waals surface area (Å²) in [6, 6.07) is 2.04. The van der Waals surface area contributed by atoms with E-state index in [2.05, 4.69) is 15.7 Å². The number of hydrogen-bond donors (Lipinski definition) is 0. The molecule has 0 aliphatic rings. The van der Waals surface area contributed by atoms with E-state index in [0.717, 1.165) is 11.3 Å². The summed E-state index contributed by atoms with van der Waals surface area (Å²) in [6.45, 7) is 6.79. The summed E-state index contributed by atoms with van der Waals surface area (Å²) in [4.78, 5) is 11.8. The zero-order chi connectivity index (χ0) is 13.8. The van der Waals surface area contributed by atoms with E-state index >= 15 is 0 Å². The number of rotatable bonds is 5. The smallest absolute Gasteiger partial charge is 0.360 e. The van der Waals surface area contributed by atoms with Gasteiger partial charge in [-0.2, -0.15) is 11.3 Å². The van der Waals surface area contributed by atoms with Crippen molar-refractivity contribution in [3.05, 3.63) is 33.8 Å². The highest BCUT2D eigenvalue weighted by atomic mass is 32.1. The van der Waals surface area contributed by atoms with Crippen LogP contribution in [0.5, 0.6) is 0 Å². The molecule has 0 unspecified atom stereocenters. The molecule has 0 fully saturated rings. The standard InChI is InChI=1S/C13H17N3O2S/c1-4-18-13(17)11-12(9(2)3)16(15-14-11)7-10-5-6-19-8-10/h5-6,8-9H,4,7H2,1-3H3. The number of thiophene rings is 1. The van der Waals surface area contributed by atoms with Gasteiger partial charge in [-0.25, -0.2) is 9.48 Å². The molecule has 0 saturated carbocycles. The fraction of sp³-hybridized carbons (Fsp3) is 0.462. The Balaban J connectivity index is 2.31. The lowest BCUT2D eigenvalue weighted by Gasteiger charge is -2.10. The summed E-state index contributed by atoms with van der Waals surface area (Å²) in [6.07, 6.45) is 0. The molecule has 0 spiro atoms. The van der Waals surface area contributed by atoms with Gasteiger partial charge in [0.2, 0.25) is 0 Å². The van der Waals surface area contributed by atoms with Crippen LogP contribution in [0.3, 0.4) is 0 Å². The largest absolute Gasteiger partial charge is 0.461 e. The van der Waals surface area contributed by atoms with Gasteiger partial charge in [-0.3, -0.25) is 0 Å². The molecule has 19 heavy (non-hydrogen) atoms. The highest BCUT2D eigenvalue weighted by Crippen LogP contribution is 2.20.